The van der Waals surface area contributed by atoms with Crippen molar-refractivity contribution in [2.75, 3.05) is 19.7 Å². The van der Waals surface area contributed by atoms with Crippen molar-refractivity contribution in [3.8, 4) is 0 Å². The van der Waals surface area contributed by atoms with Crippen molar-refractivity contribution in [3.05, 3.63) is 18.2 Å². The molecular weight excluding hydrogens is 190 g/mol. The van der Waals surface area contributed by atoms with Crippen LogP contribution >= 0.6 is 0 Å². The maximum Gasteiger partial charge on any atom is 0.105 e. The van der Waals surface area contributed by atoms with E-state index in [4.69, 9.17) is 4.74 Å². The van der Waals surface area contributed by atoms with Crippen LogP contribution in [0.2, 0.25) is 0 Å². The Labute approximate surface area is 90.6 Å². The number of hydrogen-bond acceptors (Lipinski definition) is 3. The molecule has 0 saturated carbocycles. The van der Waals surface area contributed by atoms with Gasteiger partial charge in [0.15, 0.2) is 0 Å². The highest BCUT2D eigenvalue weighted by molar-refractivity contribution is 4.88. The number of rotatable bonds is 4. The number of aryl methyl sites for hydroxylation is 1. The smallest absolute Gasteiger partial charge is 0.105 e. The fraction of sp³-hybridized carbons (Fsp3) is 0.727. The summed E-state index contributed by atoms with van der Waals surface area (Å²) < 4.78 is 7.92. The van der Waals surface area contributed by atoms with Gasteiger partial charge < -0.3 is 14.6 Å². The van der Waals surface area contributed by atoms with Gasteiger partial charge in [-0.15, -0.1) is 0 Å². The molecule has 1 aliphatic rings. The molecule has 1 N–H and O–H groups in total. The van der Waals surface area contributed by atoms with E-state index in [-0.39, 0.29) is 0 Å². The number of piperidine rings is 1. The first-order valence-electron chi connectivity index (χ1n) is 5.66. The molecule has 0 unspecified atom stereocenters. The summed E-state index contributed by atoms with van der Waals surface area (Å²) in [4.78, 5) is 4.18. The Morgan fingerprint density at radius 2 is 2.60 bits per heavy atom. The van der Waals surface area contributed by atoms with Gasteiger partial charge in [0.2, 0.25) is 0 Å². The van der Waals surface area contributed by atoms with Crippen LogP contribution in [0, 0.1) is 6.92 Å². The molecule has 0 spiro atoms. The van der Waals surface area contributed by atoms with E-state index in [0.717, 1.165) is 32.1 Å². The van der Waals surface area contributed by atoms with Crippen molar-refractivity contribution < 1.29 is 4.74 Å². The van der Waals surface area contributed by atoms with Gasteiger partial charge in [-0.3, -0.25) is 0 Å². The average molecular weight is 209 g/mol. The monoisotopic (exact) mass is 209 g/mol. The van der Waals surface area contributed by atoms with E-state index in [0.29, 0.717) is 6.10 Å². The molecule has 0 bridgehead atoms. The number of ether oxygens (including phenoxy) is 1. The van der Waals surface area contributed by atoms with Crippen molar-refractivity contribution in [1.82, 2.24) is 14.9 Å². The summed E-state index contributed by atoms with van der Waals surface area (Å²) in [5.74, 6) is 1.06. The van der Waals surface area contributed by atoms with E-state index in [2.05, 4.69) is 14.9 Å². The van der Waals surface area contributed by atoms with E-state index in [9.17, 15) is 0 Å². The third-order valence-electron chi connectivity index (χ3n) is 2.86. The minimum absolute atomic E-state index is 0.405. The van der Waals surface area contributed by atoms with Crippen molar-refractivity contribution in [3.63, 3.8) is 0 Å². The number of nitrogens with one attached hydrogen (secondary N) is 1. The zero-order chi connectivity index (χ0) is 10.5. The van der Waals surface area contributed by atoms with Crippen molar-refractivity contribution in [2.45, 2.75) is 32.4 Å². The van der Waals surface area contributed by atoms with Gasteiger partial charge in [-0.2, -0.15) is 0 Å². The first kappa shape index (κ1) is 10.6. The second kappa shape index (κ2) is 5.28. The molecule has 2 rings (SSSR count). The third kappa shape index (κ3) is 3.04. The summed E-state index contributed by atoms with van der Waals surface area (Å²) in [7, 11) is 0. The SMILES string of the molecule is Cc1nccn1CCO[C@H]1CCCNC1. The van der Waals surface area contributed by atoms with Gasteiger partial charge in [-0.25, -0.2) is 4.98 Å². The Balaban J connectivity index is 1.68. The van der Waals surface area contributed by atoms with Gasteiger partial charge in [0.1, 0.15) is 5.82 Å². The number of aromatic nitrogens is 2. The highest BCUT2D eigenvalue weighted by Crippen LogP contribution is 2.06. The molecule has 0 aliphatic carbocycles. The molecule has 0 aromatic carbocycles. The largest absolute Gasteiger partial charge is 0.375 e. The lowest BCUT2D eigenvalue weighted by Crippen LogP contribution is -2.35. The van der Waals surface area contributed by atoms with E-state index >= 15 is 0 Å². The third-order valence-corrected chi connectivity index (χ3v) is 2.86. The lowest BCUT2D eigenvalue weighted by Gasteiger charge is -2.23. The Bertz CT molecular complexity index is 292. The maximum atomic E-state index is 5.80. The number of nitrogens with zero attached hydrogens (tertiary/aromatic N) is 2. The second-order valence-corrected chi connectivity index (χ2v) is 4.01. The van der Waals surface area contributed by atoms with Gasteiger partial charge >= 0.3 is 0 Å². The molecule has 1 fully saturated rings. The maximum absolute atomic E-state index is 5.80. The molecule has 4 heteroatoms. The van der Waals surface area contributed by atoms with Crippen molar-refractivity contribution in [2.24, 2.45) is 0 Å². The molecule has 0 radical (unpaired) electrons. The Hall–Kier alpha value is -0.870. The lowest BCUT2D eigenvalue weighted by molar-refractivity contribution is 0.0322. The summed E-state index contributed by atoms with van der Waals surface area (Å²) in [5.41, 5.74) is 0. The van der Waals surface area contributed by atoms with E-state index < -0.39 is 0 Å². The molecule has 4 nitrogen and oxygen atoms in total. The minimum atomic E-state index is 0.405. The molecule has 1 aromatic heterocycles. The molecule has 15 heavy (non-hydrogen) atoms. The fourth-order valence-electron chi connectivity index (χ4n) is 1.92. The van der Waals surface area contributed by atoms with Crippen LogP contribution in [-0.4, -0.2) is 35.4 Å². The molecule has 1 atom stereocenters. The summed E-state index contributed by atoms with van der Waals surface area (Å²) in [6.07, 6.45) is 6.66. The van der Waals surface area contributed by atoms with Gasteiger partial charge in [0, 0.05) is 25.5 Å². The van der Waals surface area contributed by atoms with Gasteiger partial charge in [0.05, 0.1) is 12.7 Å². The summed E-state index contributed by atoms with van der Waals surface area (Å²) in [5, 5.41) is 3.35. The zero-order valence-corrected chi connectivity index (χ0v) is 9.28. The van der Waals surface area contributed by atoms with Crippen LogP contribution in [0.25, 0.3) is 0 Å². The molecule has 1 saturated heterocycles. The van der Waals surface area contributed by atoms with Crippen LogP contribution < -0.4 is 5.32 Å². The molecule has 1 aromatic rings. The van der Waals surface area contributed by atoms with Gasteiger partial charge in [-0.1, -0.05) is 0 Å². The number of imidazole rings is 1. The Morgan fingerprint density at radius 1 is 1.67 bits per heavy atom. The van der Waals surface area contributed by atoms with E-state index in [1.54, 1.807) is 0 Å². The van der Waals surface area contributed by atoms with Crippen LogP contribution in [0.15, 0.2) is 12.4 Å². The first-order chi connectivity index (χ1) is 7.36. The van der Waals surface area contributed by atoms with Gasteiger partial charge in [-0.05, 0) is 26.3 Å². The van der Waals surface area contributed by atoms with Gasteiger partial charge in [0.25, 0.3) is 0 Å². The summed E-state index contributed by atoms with van der Waals surface area (Å²) in [6.45, 7) is 5.84. The quantitative estimate of drug-likeness (QED) is 0.803. The predicted molar refractivity (Wildman–Crippen MR) is 58.8 cm³/mol. The summed E-state index contributed by atoms with van der Waals surface area (Å²) in [6, 6.07) is 0. The van der Waals surface area contributed by atoms with Crippen LogP contribution in [0.3, 0.4) is 0 Å². The highest BCUT2D eigenvalue weighted by Gasteiger charge is 2.12. The summed E-state index contributed by atoms with van der Waals surface area (Å²) >= 11 is 0. The minimum Gasteiger partial charge on any atom is -0.375 e. The lowest BCUT2D eigenvalue weighted by atomic mass is 10.1. The van der Waals surface area contributed by atoms with Crippen LogP contribution in [0.5, 0.6) is 0 Å². The number of hydrogen-bond donors (Lipinski definition) is 1. The molecule has 84 valence electrons. The molecule has 0 amide bonds. The standard InChI is InChI=1S/C11H19N3O/c1-10-13-5-6-14(10)7-8-15-11-3-2-4-12-9-11/h5-6,11-12H,2-4,7-9H2,1H3/t11-/m0/s1. The van der Waals surface area contributed by atoms with E-state index in [1.807, 2.05) is 19.3 Å². The molecule has 2 heterocycles. The van der Waals surface area contributed by atoms with Crippen LogP contribution in [-0.2, 0) is 11.3 Å². The van der Waals surface area contributed by atoms with E-state index in [1.165, 1.54) is 12.8 Å². The Kier molecular flexibility index (Phi) is 3.75. The first-order valence-corrected chi connectivity index (χ1v) is 5.66. The topological polar surface area (TPSA) is 39.1 Å². The van der Waals surface area contributed by atoms with Crippen molar-refractivity contribution >= 4 is 0 Å². The van der Waals surface area contributed by atoms with Crippen LogP contribution in [0.1, 0.15) is 18.7 Å². The zero-order valence-electron chi connectivity index (χ0n) is 9.28. The predicted octanol–water partition coefficient (Wildman–Crippen LogP) is 0.960. The van der Waals surface area contributed by atoms with Crippen LogP contribution in [0.4, 0.5) is 0 Å². The molecule has 1 aliphatic heterocycles. The fourth-order valence-corrected chi connectivity index (χ4v) is 1.92. The Morgan fingerprint density at radius 3 is 3.27 bits per heavy atom. The van der Waals surface area contributed by atoms with Crippen molar-refractivity contribution in [1.29, 1.82) is 0 Å². The normalized spacial score (nSPS) is 21.8. The second-order valence-electron chi connectivity index (χ2n) is 4.01. The highest BCUT2D eigenvalue weighted by atomic mass is 16.5. The average Bonchev–Trinajstić information content (AvgIpc) is 2.66. The molecular formula is C11H19N3O.